The second kappa shape index (κ2) is 7.14. The van der Waals surface area contributed by atoms with Gasteiger partial charge in [-0.1, -0.05) is 55.8 Å². The standard InChI is InChI=1S/C29H35NO4/c1-26-12-10-20(31)16-19(26)8-9-21-22-11-13-29(34,27(22,2)17-23(32)24(21)26)25(33)30-28(14-15-28)18-6-4-3-5-7-18/h3-7,10,12,16,21-24,32,34H,8-9,11,13-15,17H2,1-2H3,(H,30,33)/t21?,22?,23?,24?,26?,27?,29-/m0/s1. The van der Waals surface area contributed by atoms with Gasteiger partial charge in [-0.2, -0.15) is 0 Å². The van der Waals surface area contributed by atoms with E-state index >= 15 is 0 Å². The summed E-state index contributed by atoms with van der Waals surface area (Å²) in [6.07, 6.45) is 9.83. The number of benzene rings is 1. The molecule has 5 aliphatic carbocycles. The zero-order valence-corrected chi connectivity index (χ0v) is 20.1. The lowest BCUT2D eigenvalue weighted by Crippen LogP contribution is -2.63. The first kappa shape index (κ1) is 22.2. The Morgan fingerprint density at radius 3 is 2.53 bits per heavy atom. The molecule has 6 unspecified atom stereocenters. The van der Waals surface area contributed by atoms with Crippen LogP contribution in [0.3, 0.4) is 0 Å². The average molecular weight is 462 g/mol. The van der Waals surface area contributed by atoms with Gasteiger partial charge in [0.25, 0.3) is 5.91 Å². The molecule has 0 aliphatic heterocycles. The van der Waals surface area contributed by atoms with E-state index in [0.29, 0.717) is 12.8 Å². The summed E-state index contributed by atoms with van der Waals surface area (Å²) in [7, 11) is 0. The highest BCUT2D eigenvalue weighted by molar-refractivity contribution is 6.01. The Bertz CT molecular complexity index is 1100. The fourth-order valence-corrected chi connectivity index (χ4v) is 8.39. The minimum atomic E-state index is -1.50. The minimum absolute atomic E-state index is 0.000528. The van der Waals surface area contributed by atoms with Gasteiger partial charge in [0.2, 0.25) is 0 Å². The number of fused-ring (bicyclic) bond motifs is 5. The van der Waals surface area contributed by atoms with Crippen LogP contribution in [0, 0.1) is 28.6 Å². The molecule has 0 aromatic heterocycles. The number of nitrogens with one attached hydrogen (secondary N) is 1. The van der Waals surface area contributed by atoms with Crippen molar-refractivity contribution >= 4 is 11.7 Å². The molecule has 5 nitrogen and oxygen atoms in total. The van der Waals surface area contributed by atoms with Crippen LogP contribution in [0.25, 0.3) is 0 Å². The van der Waals surface area contributed by atoms with Crippen molar-refractivity contribution in [3.63, 3.8) is 0 Å². The third-order valence-corrected chi connectivity index (χ3v) is 10.5. The number of allylic oxidation sites excluding steroid dienone is 4. The predicted molar refractivity (Wildman–Crippen MR) is 128 cm³/mol. The van der Waals surface area contributed by atoms with Crippen molar-refractivity contribution in [1.29, 1.82) is 0 Å². The summed E-state index contributed by atoms with van der Waals surface area (Å²) in [5.74, 6) is 0.114. The summed E-state index contributed by atoms with van der Waals surface area (Å²) < 4.78 is 0. The van der Waals surface area contributed by atoms with Gasteiger partial charge in [0.1, 0.15) is 5.60 Å². The van der Waals surface area contributed by atoms with Crippen LogP contribution in [-0.4, -0.2) is 33.6 Å². The summed E-state index contributed by atoms with van der Waals surface area (Å²) in [6, 6.07) is 10.0. The van der Waals surface area contributed by atoms with Gasteiger partial charge in [-0.3, -0.25) is 9.59 Å². The van der Waals surface area contributed by atoms with Gasteiger partial charge < -0.3 is 15.5 Å². The van der Waals surface area contributed by atoms with Crippen LogP contribution >= 0.6 is 0 Å². The van der Waals surface area contributed by atoms with Gasteiger partial charge in [-0.05, 0) is 74.5 Å². The molecule has 0 heterocycles. The maximum atomic E-state index is 13.7. The van der Waals surface area contributed by atoms with Crippen LogP contribution in [0.2, 0.25) is 0 Å². The highest BCUT2D eigenvalue weighted by atomic mass is 16.3. The topological polar surface area (TPSA) is 86.6 Å². The smallest absolute Gasteiger partial charge is 0.253 e. The number of aliphatic hydroxyl groups excluding tert-OH is 1. The van der Waals surface area contributed by atoms with Crippen LogP contribution in [0.15, 0.2) is 54.1 Å². The minimum Gasteiger partial charge on any atom is -0.393 e. The molecule has 0 bridgehead atoms. The van der Waals surface area contributed by atoms with Gasteiger partial charge in [0, 0.05) is 16.7 Å². The molecule has 5 aliphatic rings. The fraction of sp³-hybridized carbons (Fsp3) is 0.586. The second-order valence-electron chi connectivity index (χ2n) is 12.0. The Kier molecular flexibility index (Phi) is 4.67. The maximum Gasteiger partial charge on any atom is 0.253 e. The Morgan fingerprint density at radius 2 is 1.82 bits per heavy atom. The van der Waals surface area contributed by atoms with E-state index < -0.39 is 17.1 Å². The van der Waals surface area contributed by atoms with Crippen LogP contribution < -0.4 is 5.32 Å². The molecule has 0 saturated heterocycles. The molecular weight excluding hydrogens is 426 g/mol. The van der Waals surface area contributed by atoms with E-state index in [2.05, 4.69) is 12.2 Å². The molecule has 4 saturated carbocycles. The van der Waals surface area contributed by atoms with Crippen molar-refractivity contribution in [3.8, 4) is 0 Å². The normalized spacial score (nSPS) is 43.9. The molecule has 34 heavy (non-hydrogen) atoms. The fourth-order valence-electron chi connectivity index (χ4n) is 8.39. The third kappa shape index (κ3) is 2.86. The van der Waals surface area contributed by atoms with E-state index in [-0.39, 0.29) is 40.4 Å². The molecule has 7 atom stereocenters. The lowest BCUT2D eigenvalue weighted by molar-refractivity contribution is -0.179. The van der Waals surface area contributed by atoms with Gasteiger partial charge >= 0.3 is 0 Å². The van der Waals surface area contributed by atoms with Gasteiger partial charge in [-0.15, -0.1) is 0 Å². The maximum absolute atomic E-state index is 13.7. The SMILES string of the molecule is CC12C=CC(=O)C=C1CCC1C2C(O)CC2(C)C1CC[C@]2(O)C(=O)NC1(c2ccccc2)CC1. The molecule has 1 aromatic rings. The Morgan fingerprint density at radius 1 is 1.09 bits per heavy atom. The molecule has 3 N–H and O–H groups in total. The number of carbonyl (C=O) groups excluding carboxylic acids is 2. The lowest BCUT2D eigenvalue weighted by atomic mass is 9.46. The second-order valence-corrected chi connectivity index (χ2v) is 12.0. The van der Waals surface area contributed by atoms with E-state index in [0.717, 1.165) is 43.2 Å². The number of aliphatic hydroxyl groups is 2. The zero-order valence-electron chi connectivity index (χ0n) is 20.1. The van der Waals surface area contributed by atoms with Crippen LogP contribution in [0.5, 0.6) is 0 Å². The lowest BCUT2D eigenvalue weighted by Gasteiger charge is -2.59. The number of carbonyl (C=O) groups is 2. The molecule has 0 spiro atoms. The van der Waals surface area contributed by atoms with E-state index in [1.807, 2.05) is 43.3 Å². The molecule has 1 aromatic carbocycles. The van der Waals surface area contributed by atoms with E-state index in [1.165, 1.54) is 0 Å². The molecule has 4 fully saturated rings. The van der Waals surface area contributed by atoms with E-state index in [4.69, 9.17) is 0 Å². The molecule has 180 valence electrons. The average Bonchev–Trinajstić information content (AvgIpc) is 3.54. The van der Waals surface area contributed by atoms with Crippen molar-refractivity contribution in [2.24, 2.45) is 28.6 Å². The molecule has 5 heteroatoms. The van der Waals surface area contributed by atoms with Crippen LogP contribution in [0.1, 0.15) is 64.4 Å². The number of amides is 1. The summed E-state index contributed by atoms with van der Waals surface area (Å²) >= 11 is 0. The predicted octanol–water partition coefficient (Wildman–Crippen LogP) is 3.80. The monoisotopic (exact) mass is 461 g/mol. The summed E-state index contributed by atoms with van der Waals surface area (Å²) in [6.45, 7) is 4.18. The first-order valence-corrected chi connectivity index (χ1v) is 12.9. The quantitative estimate of drug-likeness (QED) is 0.639. The number of rotatable bonds is 3. The highest BCUT2D eigenvalue weighted by Gasteiger charge is 2.69. The van der Waals surface area contributed by atoms with Crippen molar-refractivity contribution in [1.82, 2.24) is 5.32 Å². The number of hydrogen-bond donors (Lipinski definition) is 3. The van der Waals surface area contributed by atoms with E-state index in [9.17, 15) is 19.8 Å². The Hall–Kier alpha value is -2.24. The molecular formula is C29H35NO4. The first-order chi connectivity index (χ1) is 16.1. The van der Waals surface area contributed by atoms with Crippen molar-refractivity contribution in [3.05, 3.63) is 59.7 Å². The zero-order chi connectivity index (χ0) is 23.9. The summed E-state index contributed by atoms with van der Waals surface area (Å²) in [5.41, 5.74) is -0.691. The van der Waals surface area contributed by atoms with Crippen LogP contribution in [0.4, 0.5) is 0 Å². The van der Waals surface area contributed by atoms with Crippen LogP contribution in [-0.2, 0) is 15.1 Å². The first-order valence-electron chi connectivity index (χ1n) is 12.9. The van der Waals surface area contributed by atoms with Gasteiger partial charge in [0.15, 0.2) is 5.78 Å². The largest absolute Gasteiger partial charge is 0.393 e. The van der Waals surface area contributed by atoms with Gasteiger partial charge in [0.05, 0.1) is 11.6 Å². The molecule has 6 rings (SSSR count). The highest BCUT2D eigenvalue weighted by Crippen LogP contribution is 2.67. The summed E-state index contributed by atoms with van der Waals surface area (Å²) in [4.78, 5) is 25.8. The number of hydrogen-bond acceptors (Lipinski definition) is 4. The molecule has 0 radical (unpaired) electrons. The Labute approximate surface area is 201 Å². The van der Waals surface area contributed by atoms with Gasteiger partial charge in [-0.25, -0.2) is 0 Å². The third-order valence-electron chi connectivity index (χ3n) is 10.5. The van der Waals surface area contributed by atoms with Crippen molar-refractivity contribution in [2.75, 3.05) is 0 Å². The van der Waals surface area contributed by atoms with Crippen molar-refractivity contribution in [2.45, 2.75) is 76.0 Å². The summed E-state index contributed by atoms with van der Waals surface area (Å²) in [5, 5.41) is 26.8. The van der Waals surface area contributed by atoms with E-state index in [1.54, 1.807) is 12.2 Å². The number of ketones is 1. The van der Waals surface area contributed by atoms with Crippen molar-refractivity contribution < 1.29 is 19.8 Å². The molecule has 1 amide bonds. The Balaban J connectivity index is 1.30.